The number of methoxy groups -OCH3 is 1. The van der Waals surface area contributed by atoms with Crippen LogP contribution in [0.2, 0.25) is 0 Å². The van der Waals surface area contributed by atoms with Crippen molar-refractivity contribution in [3.05, 3.63) is 87.2 Å². The quantitative estimate of drug-likeness (QED) is 0.314. The van der Waals surface area contributed by atoms with Gasteiger partial charge in [-0.25, -0.2) is 4.98 Å². The van der Waals surface area contributed by atoms with Crippen LogP contribution in [0.25, 0.3) is 10.9 Å². The fraction of sp³-hybridized carbons (Fsp3) is 0.412. The third-order valence-corrected chi connectivity index (χ3v) is 9.03. The molecule has 13 heteroatoms. The van der Waals surface area contributed by atoms with Crippen molar-refractivity contribution < 1.29 is 23.9 Å². The summed E-state index contributed by atoms with van der Waals surface area (Å²) in [6.45, 7) is 2.83. The monoisotopic (exact) mass is 641 g/mol. The number of hydrogen-bond acceptors (Lipinski definition) is 8. The van der Waals surface area contributed by atoms with E-state index in [0.717, 1.165) is 5.56 Å². The Labute approximate surface area is 271 Å². The molecule has 4 aromatic rings. The number of ether oxygens (including phenoxy) is 2. The molecule has 0 spiro atoms. The zero-order valence-corrected chi connectivity index (χ0v) is 26.9. The van der Waals surface area contributed by atoms with Crippen LogP contribution in [0.3, 0.4) is 0 Å². The van der Waals surface area contributed by atoms with E-state index in [1.54, 1.807) is 36.7 Å². The highest BCUT2D eigenvalue weighted by molar-refractivity contribution is 6.05. The van der Waals surface area contributed by atoms with Gasteiger partial charge in [0, 0.05) is 39.2 Å². The molecule has 1 atom stereocenters. The van der Waals surface area contributed by atoms with Crippen LogP contribution in [0, 0.1) is 12.3 Å². The third-order valence-electron chi connectivity index (χ3n) is 9.03. The number of nitrogens with one attached hydrogen (secondary N) is 2. The van der Waals surface area contributed by atoms with Crippen molar-refractivity contribution in [3.63, 3.8) is 0 Å². The third kappa shape index (κ3) is 6.48. The molecule has 2 aromatic heterocycles. The van der Waals surface area contributed by atoms with E-state index in [4.69, 9.17) is 9.47 Å². The Hall–Kier alpha value is -5.04. The van der Waals surface area contributed by atoms with Gasteiger partial charge in [-0.15, -0.1) is 0 Å². The highest BCUT2D eigenvalue weighted by Gasteiger charge is 2.44. The van der Waals surface area contributed by atoms with Gasteiger partial charge in [0.25, 0.3) is 17.4 Å². The molecule has 2 aliphatic rings. The van der Waals surface area contributed by atoms with Gasteiger partial charge in [-0.05, 0) is 49.9 Å². The first-order chi connectivity index (χ1) is 22.7. The number of fused-ring (bicyclic) bond motifs is 6. The molecular weight excluding hydrogens is 602 g/mol. The lowest BCUT2D eigenvalue weighted by molar-refractivity contribution is -0.143. The number of carbonyl (C=O) groups excluding carboxylic acids is 3. The number of rotatable bonds is 5. The fourth-order valence-corrected chi connectivity index (χ4v) is 6.51. The van der Waals surface area contributed by atoms with Gasteiger partial charge in [0.2, 0.25) is 5.91 Å². The smallest absolute Gasteiger partial charge is 0.270 e. The van der Waals surface area contributed by atoms with Gasteiger partial charge in [-0.3, -0.25) is 28.4 Å². The number of hydrogen-bond donors (Lipinski definition) is 2. The van der Waals surface area contributed by atoms with Crippen molar-refractivity contribution in [1.29, 1.82) is 0 Å². The lowest BCUT2D eigenvalue weighted by Gasteiger charge is -2.36. The molecule has 6 rings (SSSR count). The van der Waals surface area contributed by atoms with Crippen molar-refractivity contribution in [2.45, 2.75) is 45.8 Å². The van der Waals surface area contributed by atoms with E-state index in [9.17, 15) is 19.2 Å². The summed E-state index contributed by atoms with van der Waals surface area (Å²) in [7, 11) is 3.28. The molecule has 2 aromatic carbocycles. The Morgan fingerprint density at radius 2 is 1.91 bits per heavy atom. The van der Waals surface area contributed by atoms with Gasteiger partial charge in [0.15, 0.2) is 6.61 Å². The van der Waals surface area contributed by atoms with Crippen molar-refractivity contribution in [1.82, 2.24) is 34.9 Å². The van der Waals surface area contributed by atoms with E-state index in [-0.39, 0.29) is 69.0 Å². The molecule has 0 saturated carbocycles. The minimum Gasteiger partial charge on any atom is -0.484 e. The first kappa shape index (κ1) is 31.9. The highest BCUT2D eigenvalue weighted by atomic mass is 16.5. The SMILES string of the molecule is COCCCC1(C(=O)N2Cc3nc(C)n(C)c(=O)c3C2)CNC(=O)c2c3ccccc3nn2CCNC(=O)COc2cccc(c2)C1. The summed E-state index contributed by atoms with van der Waals surface area (Å²) >= 11 is 0. The minimum absolute atomic E-state index is 0.0209. The molecular formula is C34H39N7O6. The van der Waals surface area contributed by atoms with Crippen molar-refractivity contribution in [2.75, 3.05) is 33.4 Å². The first-order valence-corrected chi connectivity index (χ1v) is 15.7. The second kappa shape index (κ2) is 13.4. The summed E-state index contributed by atoms with van der Waals surface area (Å²) in [6.07, 6.45) is 1.20. The maximum Gasteiger partial charge on any atom is 0.270 e. The molecule has 2 bridgehead atoms. The van der Waals surface area contributed by atoms with Crippen molar-refractivity contribution in [3.8, 4) is 5.75 Å². The predicted octanol–water partition coefficient (Wildman–Crippen LogP) is 1.87. The van der Waals surface area contributed by atoms with E-state index in [2.05, 4.69) is 20.7 Å². The van der Waals surface area contributed by atoms with Gasteiger partial charge < -0.3 is 25.0 Å². The molecule has 0 radical (unpaired) electrons. The Balaban J connectivity index is 1.42. The Bertz CT molecular complexity index is 1900. The van der Waals surface area contributed by atoms with Crippen LogP contribution in [0.15, 0.2) is 53.3 Å². The molecule has 0 aliphatic carbocycles. The highest BCUT2D eigenvalue weighted by Crippen LogP contribution is 2.35. The average molecular weight is 642 g/mol. The predicted molar refractivity (Wildman–Crippen MR) is 173 cm³/mol. The molecule has 3 amide bonds. The first-order valence-electron chi connectivity index (χ1n) is 15.7. The summed E-state index contributed by atoms with van der Waals surface area (Å²) in [5.74, 6) is 0.178. The largest absolute Gasteiger partial charge is 0.484 e. The van der Waals surface area contributed by atoms with E-state index < -0.39 is 5.41 Å². The maximum absolute atomic E-state index is 14.9. The van der Waals surface area contributed by atoms with Gasteiger partial charge in [0.1, 0.15) is 17.3 Å². The van der Waals surface area contributed by atoms with Gasteiger partial charge in [-0.1, -0.05) is 30.3 Å². The summed E-state index contributed by atoms with van der Waals surface area (Å²) < 4.78 is 14.3. The summed E-state index contributed by atoms with van der Waals surface area (Å²) in [6, 6.07) is 14.7. The molecule has 0 saturated heterocycles. The van der Waals surface area contributed by atoms with Crippen molar-refractivity contribution in [2.24, 2.45) is 12.5 Å². The zero-order chi connectivity index (χ0) is 33.1. The molecule has 4 heterocycles. The molecule has 0 fully saturated rings. The van der Waals surface area contributed by atoms with E-state index in [1.165, 1.54) is 4.57 Å². The van der Waals surface area contributed by atoms with Gasteiger partial charge >= 0.3 is 0 Å². The van der Waals surface area contributed by atoms with Gasteiger partial charge in [0.05, 0.1) is 41.8 Å². The minimum atomic E-state index is -1.12. The van der Waals surface area contributed by atoms with Crippen LogP contribution in [0.1, 0.15) is 46.0 Å². The molecule has 1 unspecified atom stereocenters. The van der Waals surface area contributed by atoms with Crippen LogP contribution < -0.4 is 20.9 Å². The summed E-state index contributed by atoms with van der Waals surface area (Å²) in [5.41, 5.74) is 1.58. The molecule has 2 aliphatic heterocycles. The fourth-order valence-electron chi connectivity index (χ4n) is 6.51. The Morgan fingerprint density at radius 1 is 1.09 bits per heavy atom. The molecule has 13 nitrogen and oxygen atoms in total. The number of carbonyl (C=O) groups is 3. The van der Waals surface area contributed by atoms with Crippen LogP contribution in [0.5, 0.6) is 5.75 Å². The lowest BCUT2D eigenvalue weighted by atomic mass is 9.76. The number of amides is 3. The van der Waals surface area contributed by atoms with Crippen LogP contribution in [0.4, 0.5) is 0 Å². The number of aromatic nitrogens is 4. The lowest BCUT2D eigenvalue weighted by Crippen LogP contribution is -2.50. The summed E-state index contributed by atoms with van der Waals surface area (Å²) in [5, 5.41) is 11.2. The Kier molecular flexibility index (Phi) is 9.08. The number of nitrogens with zero attached hydrogens (tertiary/aromatic N) is 5. The Morgan fingerprint density at radius 3 is 2.74 bits per heavy atom. The molecule has 246 valence electrons. The topological polar surface area (TPSA) is 150 Å². The normalized spacial score (nSPS) is 18.7. The molecule has 47 heavy (non-hydrogen) atoms. The van der Waals surface area contributed by atoms with Crippen LogP contribution in [-0.4, -0.2) is 75.4 Å². The summed E-state index contributed by atoms with van der Waals surface area (Å²) in [4.78, 5) is 61.0. The second-order valence-electron chi connectivity index (χ2n) is 12.2. The van der Waals surface area contributed by atoms with Crippen LogP contribution >= 0.6 is 0 Å². The number of aryl methyl sites for hydroxylation is 1. The van der Waals surface area contributed by atoms with E-state index in [1.807, 2.05) is 42.5 Å². The van der Waals surface area contributed by atoms with E-state index in [0.29, 0.717) is 58.9 Å². The van der Waals surface area contributed by atoms with Gasteiger partial charge in [-0.2, -0.15) is 5.10 Å². The standard InChI is InChI=1S/C34H39N7O6/c1-22-37-28-19-40(18-26(28)32(44)39(22)2)33(45)34(12-7-15-46-3)17-23-8-6-9-24(16-23)47-20-29(42)35-13-14-41-30(31(43)36-21-34)25-10-4-5-11-27(25)38-41/h4-6,8-11,16H,7,12-15,17-21H2,1-3H3,(H,35,42)(H,36,43). The van der Waals surface area contributed by atoms with Crippen LogP contribution in [-0.2, 0) is 47.4 Å². The average Bonchev–Trinajstić information content (AvgIpc) is 3.66. The number of benzene rings is 2. The second-order valence-corrected chi connectivity index (χ2v) is 12.2. The van der Waals surface area contributed by atoms with E-state index >= 15 is 0 Å². The molecule has 2 N–H and O–H groups in total. The van der Waals surface area contributed by atoms with Crippen molar-refractivity contribution >= 4 is 28.6 Å². The maximum atomic E-state index is 14.9. The zero-order valence-electron chi connectivity index (χ0n) is 26.9.